The number of rotatable bonds is 1. The molecule has 0 fully saturated rings. The molecule has 1 N–H and O–H groups in total. The Morgan fingerprint density at radius 2 is 2.38 bits per heavy atom. The lowest BCUT2D eigenvalue weighted by Gasteiger charge is -1.89. The molecule has 0 aliphatic rings. The first-order chi connectivity index (χ1) is 6.18. The summed E-state index contributed by atoms with van der Waals surface area (Å²) in [6.45, 7) is 0. The predicted octanol–water partition coefficient (Wildman–Crippen LogP) is 2.12. The van der Waals surface area contributed by atoms with Gasteiger partial charge in [-0.3, -0.25) is 10.1 Å². The normalized spacial score (nSPS) is 10.5. The second kappa shape index (κ2) is 2.70. The van der Waals surface area contributed by atoms with Crippen molar-refractivity contribution in [3.05, 3.63) is 33.6 Å². The Balaban J connectivity index is 2.79. The van der Waals surface area contributed by atoms with E-state index in [0.717, 1.165) is 0 Å². The van der Waals surface area contributed by atoms with E-state index in [4.69, 9.17) is 11.6 Å². The molecule has 0 saturated heterocycles. The lowest BCUT2D eigenvalue weighted by molar-refractivity contribution is -0.383. The van der Waals surface area contributed by atoms with Crippen LogP contribution in [0.1, 0.15) is 0 Å². The summed E-state index contributed by atoms with van der Waals surface area (Å²) < 4.78 is 0. The highest BCUT2D eigenvalue weighted by atomic mass is 35.5. The Bertz CT molecular complexity index is 480. The van der Waals surface area contributed by atoms with Gasteiger partial charge in [0.05, 0.1) is 21.5 Å². The van der Waals surface area contributed by atoms with Crippen LogP contribution in [-0.2, 0) is 0 Å². The van der Waals surface area contributed by atoms with E-state index in [1.807, 2.05) is 0 Å². The van der Waals surface area contributed by atoms with Crippen LogP contribution in [0.3, 0.4) is 0 Å². The maximum atomic E-state index is 10.5. The number of fused-ring (bicyclic) bond motifs is 1. The fourth-order valence-corrected chi connectivity index (χ4v) is 1.27. The number of hydrogen-bond donors (Lipinski definition) is 1. The van der Waals surface area contributed by atoms with Crippen molar-refractivity contribution in [3.8, 4) is 0 Å². The summed E-state index contributed by atoms with van der Waals surface area (Å²) in [6.07, 6.45) is 2.73. The van der Waals surface area contributed by atoms with Gasteiger partial charge in [0.1, 0.15) is 5.65 Å². The van der Waals surface area contributed by atoms with Crippen molar-refractivity contribution in [1.82, 2.24) is 9.97 Å². The molecule has 2 heterocycles. The van der Waals surface area contributed by atoms with E-state index < -0.39 is 4.92 Å². The van der Waals surface area contributed by atoms with Crippen molar-refractivity contribution in [1.29, 1.82) is 0 Å². The molecule has 0 atom stereocenters. The smallest absolute Gasteiger partial charge is 0.296 e. The summed E-state index contributed by atoms with van der Waals surface area (Å²) in [5.41, 5.74) is 0.459. The molecule has 66 valence electrons. The number of H-pyrrole nitrogens is 1. The standard InChI is InChI=1S/C7H4ClN3O2/c8-4-1-5-6(11(12)13)3-10-7(5)9-2-4/h1-3H,(H,9,10). The first-order valence-corrected chi connectivity index (χ1v) is 3.83. The largest absolute Gasteiger partial charge is 0.340 e. The molecule has 0 spiro atoms. The molecule has 2 aromatic heterocycles. The third-order valence-electron chi connectivity index (χ3n) is 1.67. The van der Waals surface area contributed by atoms with Crippen LogP contribution in [0.25, 0.3) is 11.0 Å². The van der Waals surface area contributed by atoms with Gasteiger partial charge in [-0.2, -0.15) is 0 Å². The van der Waals surface area contributed by atoms with Crippen LogP contribution in [0.5, 0.6) is 0 Å². The molecule has 0 aliphatic heterocycles. The first-order valence-electron chi connectivity index (χ1n) is 3.45. The Morgan fingerprint density at radius 3 is 3.08 bits per heavy atom. The minimum atomic E-state index is -0.475. The summed E-state index contributed by atoms with van der Waals surface area (Å²) in [6, 6.07) is 1.51. The summed E-state index contributed by atoms with van der Waals surface area (Å²) in [7, 11) is 0. The first kappa shape index (κ1) is 8.00. The van der Waals surface area contributed by atoms with E-state index >= 15 is 0 Å². The summed E-state index contributed by atoms with van der Waals surface area (Å²) >= 11 is 5.65. The molecule has 6 heteroatoms. The molecule has 0 unspecified atom stereocenters. The maximum Gasteiger partial charge on any atom is 0.296 e. The van der Waals surface area contributed by atoms with Crippen molar-refractivity contribution < 1.29 is 4.92 Å². The minimum absolute atomic E-state index is 0.00926. The van der Waals surface area contributed by atoms with Crippen LogP contribution in [-0.4, -0.2) is 14.9 Å². The van der Waals surface area contributed by atoms with Crippen molar-refractivity contribution in [2.45, 2.75) is 0 Å². The quantitative estimate of drug-likeness (QED) is 0.562. The molecule has 5 nitrogen and oxygen atoms in total. The third kappa shape index (κ3) is 1.23. The van der Waals surface area contributed by atoms with Crippen molar-refractivity contribution in [3.63, 3.8) is 0 Å². The van der Waals surface area contributed by atoms with Gasteiger partial charge in [0.15, 0.2) is 0 Å². The molecular weight excluding hydrogens is 194 g/mol. The zero-order valence-corrected chi connectivity index (χ0v) is 7.08. The summed E-state index contributed by atoms with van der Waals surface area (Å²) in [5, 5.41) is 11.3. The maximum absolute atomic E-state index is 10.5. The number of pyridine rings is 1. The van der Waals surface area contributed by atoms with Crippen LogP contribution in [0.4, 0.5) is 5.69 Å². The van der Waals surface area contributed by atoms with Gasteiger partial charge in [-0.15, -0.1) is 0 Å². The Morgan fingerprint density at radius 1 is 1.62 bits per heavy atom. The van der Waals surface area contributed by atoms with E-state index in [0.29, 0.717) is 16.1 Å². The molecule has 2 rings (SSSR count). The Kier molecular flexibility index (Phi) is 1.66. The fourth-order valence-electron chi connectivity index (χ4n) is 1.12. The van der Waals surface area contributed by atoms with Gasteiger partial charge in [0, 0.05) is 6.20 Å². The fraction of sp³-hybridized carbons (Fsp3) is 0. The number of nitro groups is 1. The van der Waals surface area contributed by atoms with E-state index in [2.05, 4.69) is 9.97 Å². The number of nitrogens with zero attached hydrogens (tertiary/aromatic N) is 2. The molecule has 2 aromatic rings. The zero-order valence-electron chi connectivity index (χ0n) is 6.32. The lowest BCUT2D eigenvalue weighted by Crippen LogP contribution is -1.85. The van der Waals surface area contributed by atoms with Crippen LogP contribution in [0, 0.1) is 10.1 Å². The van der Waals surface area contributed by atoms with Crippen LogP contribution in [0.15, 0.2) is 18.5 Å². The SMILES string of the molecule is O=[N+]([O-])c1c[nH]c2ncc(Cl)cc12. The van der Waals surface area contributed by atoms with E-state index in [-0.39, 0.29) is 5.69 Å². The zero-order chi connectivity index (χ0) is 9.42. The third-order valence-corrected chi connectivity index (χ3v) is 1.88. The van der Waals surface area contributed by atoms with Crippen LogP contribution in [0.2, 0.25) is 5.02 Å². The number of aromatic amines is 1. The highest BCUT2D eigenvalue weighted by Crippen LogP contribution is 2.25. The lowest BCUT2D eigenvalue weighted by atomic mass is 10.3. The summed E-state index contributed by atoms with van der Waals surface area (Å²) in [4.78, 5) is 16.6. The molecule has 0 radical (unpaired) electrons. The molecule has 0 saturated carbocycles. The van der Waals surface area contributed by atoms with Crippen LogP contribution < -0.4 is 0 Å². The minimum Gasteiger partial charge on any atom is -0.340 e. The Labute approximate surface area is 77.5 Å². The number of nitrogens with one attached hydrogen (secondary N) is 1. The monoisotopic (exact) mass is 197 g/mol. The molecular formula is C7H4ClN3O2. The van der Waals surface area contributed by atoms with Gasteiger partial charge >= 0.3 is 0 Å². The second-order valence-electron chi connectivity index (χ2n) is 2.48. The molecule has 0 aromatic carbocycles. The van der Waals surface area contributed by atoms with Gasteiger partial charge in [0.2, 0.25) is 0 Å². The van der Waals surface area contributed by atoms with E-state index in [1.54, 1.807) is 0 Å². The summed E-state index contributed by atoms with van der Waals surface area (Å²) in [5.74, 6) is 0. The second-order valence-corrected chi connectivity index (χ2v) is 2.92. The Hall–Kier alpha value is -1.62. The van der Waals surface area contributed by atoms with Crippen molar-refractivity contribution >= 4 is 28.3 Å². The van der Waals surface area contributed by atoms with Gasteiger partial charge in [-0.25, -0.2) is 4.98 Å². The van der Waals surface area contributed by atoms with Crippen molar-refractivity contribution in [2.75, 3.05) is 0 Å². The predicted molar refractivity (Wildman–Crippen MR) is 47.8 cm³/mol. The van der Waals surface area contributed by atoms with Gasteiger partial charge < -0.3 is 4.98 Å². The average Bonchev–Trinajstić information content (AvgIpc) is 2.46. The van der Waals surface area contributed by atoms with E-state index in [9.17, 15) is 10.1 Å². The highest BCUT2D eigenvalue weighted by molar-refractivity contribution is 6.31. The molecule has 0 bridgehead atoms. The molecule has 0 amide bonds. The number of aromatic nitrogens is 2. The number of hydrogen-bond acceptors (Lipinski definition) is 3. The van der Waals surface area contributed by atoms with Crippen LogP contribution >= 0.6 is 11.6 Å². The van der Waals surface area contributed by atoms with Gasteiger partial charge in [-0.05, 0) is 6.07 Å². The van der Waals surface area contributed by atoms with Gasteiger partial charge in [-0.1, -0.05) is 11.6 Å². The molecule has 0 aliphatic carbocycles. The topological polar surface area (TPSA) is 71.8 Å². The molecule has 13 heavy (non-hydrogen) atoms. The van der Waals surface area contributed by atoms with E-state index in [1.165, 1.54) is 18.5 Å². The van der Waals surface area contributed by atoms with Crippen molar-refractivity contribution in [2.24, 2.45) is 0 Å². The average molecular weight is 198 g/mol. The number of halogens is 1. The highest BCUT2D eigenvalue weighted by Gasteiger charge is 2.14. The van der Waals surface area contributed by atoms with Gasteiger partial charge in [0.25, 0.3) is 5.69 Å².